The van der Waals surface area contributed by atoms with E-state index in [1.165, 1.54) is 44.8 Å². The number of aryl methyl sites for hydroxylation is 3. The van der Waals surface area contributed by atoms with Crippen molar-refractivity contribution in [2.45, 2.75) is 27.2 Å². The van der Waals surface area contributed by atoms with Gasteiger partial charge in [-0.05, 0) is 55.7 Å². The lowest BCUT2D eigenvalue weighted by atomic mass is 9.95. The van der Waals surface area contributed by atoms with Gasteiger partial charge in [-0.15, -0.1) is 0 Å². The van der Waals surface area contributed by atoms with Crippen LogP contribution < -0.4 is 4.57 Å². The normalized spacial score (nSPS) is 12.2. The Bertz CT molecular complexity index is 939. The van der Waals surface area contributed by atoms with Gasteiger partial charge in [-0.3, -0.25) is 4.98 Å². The molecule has 3 aromatic rings. The largest absolute Gasteiger partial charge is 0.257 e. The summed E-state index contributed by atoms with van der Waals surface area (Å²) in [5.74, 6) is 0. The molecule has 0 saturated carbocycles. The Labute approximate surface area is 137 Å². The predicted molar refractivity (Wildman–Crippen MR) is 93.3 cm³/mol. The molecular formula is C21H21N2+. The molecule has 2 aromatic heterocycles. The molecule has 1 aliphatic carbocycles. The molecule has 0 fully saturated rings. The zero-order chi connectivity index (χ0) is 16.1. The molecule has 0 spiro atoms. The summed E-state index contributed by atoms with van der Waals surface area (Å²) in [6.07, 6.45) is 3.13. The number of hydrogen-bond donors (Lipinski definition) is 0. The van der Waals surface area contributed by atoms with Crippen molar-refractivity contribution < 1.29 is 4.57 Å². The molecule has 23 heavy (non-hydrogen) atoms. The van der Waals surface area contributed by atoms with Gasteiger partial charge in [-0.2, -0.15) is 0 Å². The van der Waals surface area contributed by atoms with Crippen LogP contribution in [0, 0.1) is 20.8 Å². The number of nitrogens with zero attached hydrogens (tertiary/aromatic N) is 2. The van der Waals surface area contributed by atoms with Crippen LogP contribution in [-0.4, -0.2) is 4.98 Å². The first-order valence-corrected chi connectivity index (χ1v) is 8.10. The number of aromatic nitrogens is 2. The lowest BCUT2D eigenvalue weighted by molar-refractivity contribution is -0.660. The van der Waals surface area contributed by atoms with Crippen molar-refractivity contribution in [1.29, 1.82) is 0 Å². The quantitative estimate of drug-likeness (QED) is 0.484. The van der Waals surface area contributed by atoms with Crippen molar-refractivity contribution in [3.63, 3.8) is 0 Å². The minimum atomic E-state index is 0.946. The van der Waals surface area contributed by atoms with Crippen LogP contribution in [0.15, 0.2) is 42.6 Å². The fourth-order valence-corrected chi connectivity index (χ4v) is 3.70. The fourth-order valence-electron chi connectivity index (χ4n) is 3.70. The van der Waals surface area contributed by atoms with Crippen LogP contribution in [0.25, 0.3) is 22.4 Å². The average molecular weight is 301 g/mol. The zero-order valence-electron chi connectivity index (χ0n) is 14.1. The van der Waals surface area contributed by atoms with Crippen LogP contribution in [0.2, 0.25) is 0 Å². The summed E-state index contributed by atoms with van der Waals surface area (Å²) in [5, 5.41) is 0. The molecule has 0 N–H and O–H groups in total. The van der Waals surface area contributed by atoms with E-state index < -0.39 is 0 Å². The number of benzene rings is 1. The Morgan fingerprint density at radius 2 is 1.61 bits per heavy atom. The molecule has 2 heterocycles. The lowest BCUT2D eigenvalue weighted by Crippen LogP contribution is -2.31. The minimum absolute atomic E-state index is 0.946. The third kappa shape index (κ3) is 2.17. The Morgan fingerprint density at radius 3 is 2.39 bits per heavy atom. The van der Waals surface area contributed by atoms with Crippen molar-refractivity contribution in [3.8, 4) is 22.4 Å². The second-order valence-electron chi connectivity index (χ2n) is 6.59. The van der Waals surface area contributed by atoms with Crippen LogP contribution in [0.5, 0.6) is 0 Å². The molecule has 0 atom stereocenters. The summed E-state index contributed by atoms with van der Waals surface area (Å²) >= 11 is 0. The highest BCUT2D eigenvalue weighted by atomic mass is 14.9. The van der Waals surface area contributed by atoms with Gasteiger partial charge < -0.3 is 0 Å². The van der Waals surface area contributed by atoms with Crippen molar-refractivity contribution in [2.24, 2.45) is 7.05 Å². The second-order valence-corrected chi connectivity index (χ2v) is 6.59. The Kier molecular flexibility index (Phi) is 3.08. The van der Waals surface area contributed by atoms with Crippen molar-refractivity contribution in [3.05, 3.63) is 70.7 Å². The molecule has 0 radical (unpaired) electrons. The number of fused-ring (bicyclic) bond motifs is 3. The number of rotatable bonds is 1. The maximum absolute atomic E-state index is 4.74. The third-order valence-corrected chi connectivity index (χ3v) is 4.90. The van der Waals surface area contributed by atoms with Gasteiger partial charge in [0.15, 0.2) is 6.20 Å². The minimum Gasteiger partial charge on any atom is -0.257 e. The summed E-state index contributed by atoms with van der Waals surface area (Å²) in [6.45, 7) is 6.44. The Hall–Kier alpha value is -2.48. The van der Waals surface area contributed by atoms with E-state index in [9.17, 15) is 0 Å². The van der Waals surface area contributed by atoms with Gasteiger partial charge in [0, 0.05) is 34.9 Å². The van der Waals surface area contributed by atoms with E-state index in [-0.39, 0.29) is 0 Å². The van der Waals surface area contributed by atoms with E-state index in [1.54, 1.807) is 0 Å². The van der Waals surface area contributed by atoms with Gasteiger partial charge in [-0.25, -0.2) is 4.57 Å². The predicted octanol–water partition coefficient (Wildman–Crippen LogP) is 4.07. The Balaban J connectivity index is 1.89. The van der Waals surface area contributed by atoms with Crippen LogP contribution in [0.3, 0.4) is 0 Å². The monoisotopic (exact) mass is 301 g/mol. The van der Waals surface area contributed by atoms with Crippen molar-refractivity contribution in [2.75, 3.05) is 0 Å². The molecule has 114 valence electrons. The number of pyridine rings is 2. The fraction of sp³-hybridized carbons (Fsp3) is 0.238. The molecule has 0 bridgehead atoms. The van der Waals surface area contributed by atoms with E-state index >= 15 is 0 Å². The lowest BCUT2D eigenvalue weighted by Gasteiger charge is -2.10. The van der Waals surface area contributed by atoms with Gasteiger partial charge >= 0.3 is 0 Å². The van der Waals surface area contributed by atoms with Crippen LogP contribution in [0.4, 0.5) is 0 Å². The maximum atomic E-state index is 4.74. The van der Waals surface area contributed by atoms with Gasteiger partial charge in [-0.1, -0.05) is 12.1 Å². The topological polar surface area (TPSA) is 16.8 Å². The van der Waals surface area contributed by atoms with Crippen molar-refractivity contribution >= 4 is 0 Å². The first-order chi connectivity index (χ1) is 11.0. The molecule has 4 rings (SSSR count). The standard InChI is InChI=1S/C21H21N2/c1-13-5-10-21(23(4)12-13)16-8-9-17-18-7-6-14(2)22-20(18)11-19(17)15(16)3/h5-10,12H,11H2,1-4H3/q+1. The van der Waals surface area contributed by atoms with Gasteiger partial charge in [0.1, 0.15) is 7.05 Å². The highest BCUT2D eigenvalue weighted by Gasteiger charge is 2.24. The summed E-state index contributed by atoms with van der Waals surface area (Å²) in [4.78, 5) is 4.74. The summed E-state index contributed by atoms with van der Waals surface area (Å²) in [7, 11) is 2.12. The SMILES string of the molecule is Cc1ccc(-c2ccc3c(c2C)Cc2nc(C)ccc2-3)[n+](C)c1. The van der Waals surface area contributed by atoms with E-state index in [4.69, 9.17) is 4.98 Å². The first kappa shape index (κ1) is 14.1. The van der Waals surface area contributed by atoms with Crippen LogP contribution in [-0.2, 0) is 13.5 Å². The highest BCUT2D eigenvalue weighted by Crippen LogP contribution is 2.40. The first-order valence-electron chi connectivity index (χ1n) is 8.10. The molecule has 2 heteroatoms. The van der Waals surface area contributed by atoms with E-state index in [2.05, 4.69) is 75.0 Å². The van der Waals surface area contributed by atoms with Gasteiger partial charge in [0.25, 0.3) is 0 Å². The van der Waals surface area contributed by atoms with Crippen LogP contribution >= 0.6 is 0 Å². The third-order valence-electron chi connectivity index (χ3n) is 4.90. The molecule has 1 aromatic carbocycles. The molecular weight excluding hydrogens is 280 g/mol. The van der Waals surface area contributed by atoms with Crippen molar-refractivity contribution in [1.82, 2.24) is 4.98 Å². The summed E-state index contributed by atoms with van der Waals surface area (Å²) < 4.78 is 2.22. The smallest absolute Gasteiger partial charge is 0.212 e. The summed E-state index contributed by atoms with van der Waals surface area (Å²) in [6, 6.07) is 13.2. The second kappa shape index (κ2) is 5.02. The van der Waals surface area contributed by atoms with E-state index in [1.807, 2.05) is 0 Å². The average Bonchev–Trinajstić information content (AvgIpc) is 2.87. The Morgan fingerprint density at radius 1 is 0.870 bits per heavy atom. The molecule has 1 aliphatic rings. The molecule has 0 unspecified atom stereocenters. The zero-order valence-corrected chi connectivity index (χ0v) is 14.1. The van der Waals surface area contributed by atoms with Gasteiger partial charge in [0.2, 0.25) is 5.69 Å². The van der Waals surface area contributed by atoms with Crippen LogP contribution in [0.1, 0.15) is 28.1 Å². The van der Waals surface area contributed by atoms with E-state index in [0.717, 1.165) is 12.1 Å². The molecule has 0 aliphatic heterocycles. The number of hydrogen-bond acceptors (Lipinski definition) is 1. The summed E-state index contributed by atoms with van der Waals surface area (Å²) in [5.41, 5.74) is 11.6. The highest BCUT2D eigenvalue weighted by molar-refractivity contribution is 5.80. The van der Waals surface area contributed by atoms with Gasteiger partial charge in [0.05, 0.1) is 5.69 Å². The molecule has 2 nitrogen and oxygen atoms in total. The molecule has 0 amide bonds. The molecule has 0 saturated heterocycles. The maximum Gasteiger partial charge on any atom is 0.212 e. The van der Waals surface area contributed by atoms with E-state index in [0.29, 0.717) is 0 Å².